The van der Waals surface area contributed by atoms with Crippen molar-refractivity contribution < 1.29 is 13.9 Å². The van der Waals surface area contributed by atoms with Crippen LogP contribution in [0.25, 0.3) is 0 Å². The largest absolute Gasteiger partial charge is 0.378 e. The number of morpholine rings is 1. The summed E-state index contributed by atoms with van der Waals surface area (Å²) in [4.78, 5) is 28.1. The fourth-order valence-corrected chi connectivity index (χ4v) is 3.46. The number of carbonyl (C=O) groups excluding carboxylic acids is 1. The van der Waals surface area contributed by atoms with Crippen molar-refractivity contribution in [3.8, 4) is 0 Å². The van der Waals surface area contributed by atoms with Crippen LogP contribution in [0.15, 0.2) is 55.0 Å². The lowest BCUT2D eigenvalue weighted by molar-refractivity contribution is 0.0303. The number of rotatable bonds is 6. The Hall–Kier alpha value is -3.39. The van der Waals surface area contributed by atoms with Gasteiger partial charge < -0.3 is 15.0 Å². The van der Waals surface area contributed by atoms with Gasteiger partial charge in [-0.3, -0.25) is 14.8 Å². The van der Waals surface area contributed by atoms with Crippen LogP contribution < -0.4 is 5.32 Å². The Bertz CT molecular complexity index is 1020. The van der Waals surface area contributed by atoms with E-state index in [1.165, 1.54) is 12.1 Å². The Morgan fingerprint density at radius 3 is 2.61 bits per heavy atom. The van der Waals surface area contributed by atoms with E-state index in [0.717, 1.165) is 17.0 Å². The summed E-state index contributed by atoms with van der Waals surface area (Å²) in [7, 11) is 0. The highest BCUT2D eigenvalue weighted by Gasteiger charge is 2.23. The van der Waals surface area contributed by atoms with Crippen molar-refractivity contribution >= 4 is 11.7 Å². The molecule has 2 aromatic heterocycles. The predicted octanol–water partition coefficient (Wildman–Crippen LogP) is 3.25. The molecule has 160 valence electrons. The highest BCUT2D eigenvalue weighted by atomic mass is 19.1. The van der Waals surface area contributed by atoms with Gasteiger partial charge in [-0.25, -0.2) is 9.37 Å². The zero-order chi connectivity index (χ0) is 21.6. The van der Waals surface area contributed by atoms with E-state index in [-0.39, 0.29) is 17.8 Å². The van der Waals surface area contributed by atoms with Crippen LogP contribution in [0.5, 0.6) is 0 Å². The molecule has 31 heavy (non-hydrogen) atoms. The minimum atomic E-state index is -0.289. The topological polar surface area (TPSA) is 80.2 Å². The molecule has 1 atom stereocenters. The van der Waals surface area contributed by atoms with E-state index in [0.29, 0.717) is 44.1 Å². The van der Waals surface area contributed by atoms with Crippen LogP contribution in [0.4, 0.5) is 10.2 Å². The minimum absolute atomic E-state index is 0.0874. The monoisotopic (exact) mass is 421 g/mol. The van der Waals surface area contributed by atoms with Gasteiger partial charge in [-0.1, -0.05) is 12.1 Å². The quantitative estimate of drug-likeness (QED) is 0.658. The number of ether oxygens (including phenoxy) is 1. The van der Waals surface area contributed by atoms with Crippen LogP contribution in [0.3, 0.4) is 0 Å². The molecule has 1 N–H and O–H groups in total. The third-order valence-electron chi connectivity index (χ3n) is 5.18. The van der Waals surface area contributed by atoms with Crippen LogP contribution in [0.1, 0.15) is 40.3 Å². The fraction of sp³-hybridized carbons (Fsp3) is 0.304. The molecule has 3 heterocycles. The van der Waals surface area contributed by atoms with E-state index < -0.39 is 0 Å². The van der Waals surface area contributed by atoms with Gasteiger partial charge >= 0.3 is 0 Å². The van der Waals surface area contributed by atoms with Crippen LogP contribution in [-0.4, -0.2) is 52.1 Å². The number of hydrogen-bond donors (Lipinski definition) is 1. The van der Waals surface area contributed by atoms with E-state index >= 15 is 0 Å². The van der Waals surface area contributed by atoms with E-state index in [1.807, 2.05) is 13.0 Å². The van der Waals surface area contributed by atoms with Crippen molar-refractivity contribution in [1.82, 2.24) is 19.9 Å². The summed E-state index contributed by atoms with van der Waals surface area (Å²) >= 11 is 0. The molecule has 1 aromatic carbocycles. The summed E-state index contributed by atoms with van der Waals surface area (Å²) in [6.07, 6.45) is 5.46. The molecule has 1 aliphatic rings. The van der Waals surface area contributed by atoms with Crippen molar-refractivity contribution in [3.63, 3.8) is 0 Å². The molecule has 8 heteroatoms. The summed E-state index contributed by atoms with van der Waals surface area (Å²) in [5.74, 6) is 0.119. The molecule has 0 unspecified atom stereocenters. The smallest absolute Gasteiger partial charge is 0.257 e. The maximum atomic E-state index is 13.3. The summed E-state index contributed by atoms with van der Waals surface area (Å²) in [6.45, 7) is 4.10. The van der Waals surface area contributed by atoms with E-state index in [2.05, 4.69) is 15.3 Å². The van der Waals surface area contributed by atoms with E-state index in [9.17, 15) is 9.18 Å². The molecule has 0 aliphatic carbocycles. The van der Waals surface area contributed by atoms with Gasteiger partial charge in [-0.05, 0) is 36.8 Å². The first-order chi connectivity index (χ1) is 15.1. The van der Waals surface area contributed by atoms with Gasteiger partial charge in [-0.15, -0.1) is 0 Å². The predicted molar refractivity (Wildman–Crippen MR) is 114 cm³/mol. The van der Waals surface area contributed by atoms with Gasteiger partial charge in [0.05, 0.1) is 24.5 Å². The van der Waals surface area contributed by atoms with Gasteiger partial charge in [0.2, 0.25) is 0 Å². The van der Waals surface area contributed by atoms with Crippen molar-refractivity contribution in [3.05, 3.63) is 83.3 Å². The Morgan fingerprint density at radius 1 is 1.13 bits per heavy atom. The Labute approximate surface area is 180 Å². The number of halogens is 1. The zero-order valence-electron chi connectivity index (χ0n) is 17.3. The molecular formula is C23H24FN5O2. The minimum Gasteiger partial charge on any atom is -0.378 e. The second-order valence-corrected chi connectivity index (χ2v) is 7.39. The van der Waals surface area contributed by atoms with E-state index in [1.54, 1.807) is 41.7 Å². The van der Waals surface area contributed by atoms with Gasteiger partial charge in [-0.2, -0.15) is 0 Å². The normalized spacial score (nSPS) is 14.8. The van der Waals surface area contributed by atoms with Crippen molar-refractivity contribution in [2.24, 2.45) is 0 Å². The number of amides is 1. The molecule has 4 rings (SSSR count). The highest BCUT2D eigenvalue weighted by Crippen LogP contribution is 2.24. The number of nitrogens with zero attached hydrogens (tertiary/aromatic N) is 4. The first kappa shape index (κ1) is 20.9. The molecule has 1 saturated heterocycles. The maximum Gasteiger partial charge on any atom is 0.257 e. The fourth-order valence-electron chi connectivity index (χ4n) is 3.46. The molecule has 3 aromatic rings. The lowest BCUT2D eigenvalue weighted by Gasteiger charge is -2.28. The SMILES string of the molecule is C[C@H](Nc1nc(Cc2cnccn2)ccc1C(=O)N1CCOCC1)c1ccc(F)cc1. The number of pyridine rings is 1. The molecule has 1 amide bonds. The van der Waals surface area contributed by atoms with Gasteiger partial charge in [0, 0.05) is 49.8 Å². The number of anilines is 1. The molecule has 1 fully saturated rings. The maximum absolute atomic E-state index is 13.3. The Kier molecular flexibility index (Phi) is 6.47. The first-order valence-electron chi connectivity index (χ1n) is 10.2. The standard InChI is InChI=1S/C23H24FN5O2/c1-16(17-2-4-18(24)5-3-17)27-22-21(23(30)29-10-12-31-13-11-29)7-6-19(28-22)14-20-15-25-8-9-26-20/h2-9,15-16H,10-14H2,1H3,(H,27,28)/t16-/m0/s1. The number of hydrogen-bond acceptors (Lipinski definition) is 6. The molecular weight excluding hydrogens is 397 g/mol. The van der Waals surface area contributed by atoms with Crippen LogP contribution >= 0.6 is 0 Å². The van der Waals surface area contributed by atoms with Crippen LogP contribution in [0.2, 0.25) is 0 Å². The summed E-state index contributed by atoms with van der Waals surface area (Å²) in [5.41, 5.74) is 2.96. The second-order valence-electron chi connectivity index (χ2n) is 7.39. The van der Waals surface area contributed by atoms with Gasteiger partial charge in [0.15, 0.2) is 0 Å². The number of aromatic nitrogens is 3. The molecule has 7 nitrogen and oxygen atoms in total. The third-order valence-corrected chi connectivity index (χ3v) is 5.18. The Balaban J connectivity index is 1.63. The van der Waals surface area contributed by atoms with Gasteiger partial charge in [0.25, 0.3) is 5.91 Å². The number of carbonyl (C=O) groups is 1. The van der Waals surface area contributed by atoms with Gasteiger partial charge in [0.1, 0.15) is 11.6 Å². The molecule has 0 saturated carbocycles. The first-order valence-corrected chi connectivity index (χ1v) is 10.2. The van der Waals surface area contributed by atoms with Crippen molar-refractivity contribution in [2.75, 3.05) is 31.6 Å². The molecule has 0 spiro atoms. The lowest BCUT2D eigenvalue weighted by atomic mass is 10.1. The zero-order valence-corrected chi connectivity index (χ0v) is 17.3. The van der Waals surface area contributed by atoms with Crippen molar-refractivity contribution in [2.45, 2.75) is 19.4 Å². The highest BCUT2D eigenvalue weighted by molar-refractivity contribution is 5.99. The lowest BCUT2D eigenvalue weighted by Crippen LogP contribution is -2.41. The van der Waals surface area contributed by atoms with Crippen LogP contribution in [0, 0.1) is 5.82 Å². The number of benzene rings is 1. The average molecular weight is 421 g/mol. The summed E-state index contributed by atoms with van der Waals surface area (Å²) in [5, 5.41) is 3.34. The van der Waals surface area contributed by atoms with Crippen molar-refractivity contribution in [1.29, 1.82) is 0 Å². The average Bonchev–Trinajstić information content (AvgIpc) is 2.80. The Morgan fingerprint density at radius 2 is 1.90 bits per heavy atom. The van der Waals surface area contributed by atoms with Crippen LogP contribution in [-0.2, 0) is 11.2 Å². The molecule has 1 aliphatic heterocycles. The third kappa shape index (κ3) is 5.21. The van der Waals surface area contributed by atoms with E-state index in [4.69, 9.17) is 9.72 Å². The molecule has 0 bridgehead atoms. The molecule has 0 radical (unpaired) electrons. The summed E-state index contributed by atoms with van der Waals surface area (Å²) in [6, 6.07) is 9.76. The summed E-state index contributed by atoms with van der Waals surface area (Å²) < 4.78 is 18.7. The number of nitrogens with one attached hydrogen (secondary N) is 1. The second kappa shape index (κ2) is 9.61.